The van der Waals surface area contributed by atoms with E-state index in [1.165, 1.54) is 38.5 Å². The first-order valence-corrected chi connectivity index (χ1v) is 10.9. The predicted molar refractivity (Wildman–Crippen MR) is 105 cm³/mol. The summed E-state index contributed by atoms with van der Waals surface area (Å²) in [5.41, 5.74) is 1.24. The Bertz CT molecular complexity index is 633. The van der Waals surface area contributed by atoms with E-state index in [0.717, 1.165) is 55.9 Å². The summed E-state index contributed by atoms with van der Waals surface area (Å²) in [5, 5.41) is 6.74. The number of carbonyl (C=O) groups is 1. The van der Waals surface area contributed by atoms with Gasteiger partial charge in [-0.05, 0) is 81.3 Å². The van der Waals surface area contributed by atoms with Crippen LogP contribution in [0.4, 0.5) is 4.79 Å². The van der Waals surface area contributed by atoms with Crippen LogP contribution in [-0.2, 0) is 6.54 Å². The molecule has 1 aliphatic heterocycles. The molecule has 146 valence electrons. The standard InChI is InChI=1S/C22H32N4O/c27-21(25-22-12-16-9-17(13-22)11-18(10-16)14-22)24-19-4-7-26(8-5-19)15-20-3-1-2-6-23-20/h1-3,6,16-19H,4-5,7-15H2,(H2,24,25,27). The summed E-state index contributed by atoms with van der Waals surface area (Å²) in [7, 11) is 0. The topological polar surface area (TPSA) is 57.3 Å². The summed E-state index contributed by atoms with van der Waals surface area (Å²) in [6, 6.07) is 6.48. The van der Waals surface area contributed by atoms with Crippen LogP contribution in [0.15, 0.2) is 24.4 Å². The summed E-state index contributed by atoms with van der Waals surface area (Å²) in [4.78, 5) is 19.6. The number of likely N-dealkylation sites (tertiary alicyclic amines) is 1. The van der Waals surface area contributed by atoms with Crippen LogP contribution in [-0.4, -0.2) is 40.6 Å². The second kappa shape index (κ2) is 7.08. The highest BCUT2D eigenvalue weighted by molar-refractivity contribution is 5.75. The number of pyridine rings is 1. The molecule has 5 aliphatic rings. The van der Waals surface area contributed by atoms with Crippen molar-refractivity contribution in [2.75, 3.05) is 13.1 Å². The second-order valence-corrected chi connectivity index (χ2v) is 9.67. The van der Waals surface area contributed by atoms with Crippen LogP contribution >= 0.6 is 0 Å². The maximum absolute atomic E-state index is 12.7. The van der Waals surface area contributed by atoms with Crippen LogP contribution in [0.1, 0.15) is 57.1 Å². The van der Waals surface area contributed by atoms with Gasteiger partial charge in [-0.1, -0.05) is 6.07 Å². The monoisotopic (exact) mass is 368 g/mol. The minimum absolute atomic E-state index is 0.0835. The van der Waals surface area contributed by atoms with E-state index >= 15 is 0 Å². The molecule has 6 rings (SSSR count). The summed E-state index contributed by atoms with van der Waals surface area (Å²) >= 11 is 0. The summed E-state index contributed by atoms with van der Waals surface area (Å²) in [6.07, 6.45) is 11.8. The van der Waals surface area contributed by atoms with Crippen LogP contribution < -0.4 is 10.6 Å². The van der Waals surface area contributed by atoms with E-state index in [1.54, 1.807) is 0 Å². The second-order valence-electron chi connectivity index (χ2n) is 9.67. The Balaban J connectivity index is 1.10. The fraction of sp³-hybridized carbons (Fsp3) is 0.727. The van der Waals surface area contributed by atoms with Crippen LogP contribution in [0.5, 0.6) is 0 Å². The van der Waals surface area contributed by atoms with E-state index in [4.69, 9.17) is 0 Å². The highest BCUT2D eigenvalue weighted by Crippen LogP contribution is 2.55. The third-order valence-electron chi connectivity index (χ3n) is 7.45. The lowest BCUT2D eigenvalue weighted by molar-refractivity contribution is -0.0137. The Labute approximate surface area is 162 Å². The molecule has 2 amide bonds. The van der Waals surface area contributed by atoms with Crippen LogP contribution in [0.25, 0.3) is 0 Å². The molecule has 2 heterocycles. The summed E-state index contributed by atoms with van der Waals surface area (Å²) in [5.74, 6) is 2.60. The Hall–Kier alpha value is -1.62. The molecule has 1 saturated heterocycles. The minimum Gasteiger partial charge on any atom is -0.335 e. The third kappa shape index (κ3) is 3.84. The quantitative estimate of drug-likeness (QED) is 0.857. The van der Waals surface area contributed by atoms with Crippen molar-refractivity contribution in [1.82, 2.24) is 20.5 Å². The third-order valence-corrected chi connectivity index (χ3v) is 7.45. The zero-order valence-electron chi connectivity index (χ0n) is 16.2. The number of carbonyl (C=O) groups excluding carboxylic acids is 1. The normalized spacial score (nSPS) is 35.9. The number of hydrogen-bond donors (Lipinski definition) is 2. The average molecular weight is 369 g/mol. The van der Waals surface area contributed by atoms with Gasteiger partial charge in [0, 0.05) is 37.4 Å². The van der Waals surface area contributed by atoms with Crippen LogP contribution in [0, 0.1) is 17.8 Å². The maximum Gasteiger partial charge on any atom is 0.315 e. The van der Waals surface area contributed by atoms with Gasteiger partial charge in [-0.3, -0.25) is 9.88 Å². The van der Waals surface area contributed by atoms with E-state index in [9.17, 15) is 4.79 Å². The molecule has 1 aromatic heterocycles. The number of aromatic nitrogens is 1. The van der Waals surface area contributed by atoms with Gasteiger partial charge in [-0.15, -0.1) is 0 Å². The largest absolute Gasteiger partial charge is 0.335 e. The SMILES string of the molecule is O=C(NC1CCN(Cc2ccccn2)CC1)NC12CC3CC(CC(C3)C1)C2. The van der Waals surface area contributed by atoms with Gasteiger partial charge in [-0.2, -0.15) is 0 Å². The van der Waals surface area contributed by atoms with Gasteiger partial charge in [0.05, 0.1) is 5.69 Å². The molecule has 4 bridgehead atoms. The number of nitrogens with one attached hydrogen (secondary N) is 2. The van der Waals surface area contributed by atoms with E-state index in [0.29, 0.717) is 6.04 Å². The zero-order chi connectivity index (χ0) is 18.3. The van der Waals surface area contributed by atoms with Crippen molar-refractivity contribution in [2.45, 2.75) is 69.5 Å². The van der Waals surface area contributed by atoms with Crippen LogP contribution in [0.3, 0.4) is 0 Å². The summed E-state index contributed by atoms with van der Waals surface area (Å²) < 4.78 is 0. The van der Waals surface area contributed by atoms with Crippen molar-refractivity contribution < 1.29 is 4.79 Å². The molecule has 0 radical (unpaired) electrons. The number of urea groups is 1. The molecule has 5 nitrogen and oxygen atoms in total. The van der Waals surface area contributed by atoms with Gasteiger partial charge < -0.3 is 10.6 Å². The molecule has 0 aromatic carbocycles. The number of amides is 2. The van der Waals surface area contributed by atoms with Crippen molar-refractivity contribution in [3.8, 4) is 0 Å². The van der Waals surface area contributed by atoms with Gasteiger partial charge in [0.15, 0.2) is 0 Å². The smallest absolute Gasteiger partial charge is 0.315 e. The van der Waals surface area contributed by atoms with Gasteiger partial charge in [-0.25, -0.2) is 4.79 Å². The molecule has 2 N–H and O–H groups in total. The molecular formula is C22H32N4O. The van der Waals surface area contributed by atoms with Gasteiger partial charge in [0.25, 0.3) is 0 Å². The number of piperidine rings is 1. The molecular weight excluding hydrogens is 336 g/mol. The molecule has 0 spiro atoms. The molecule has 5 heteroatoms. The number of nitrogens with zero attached hydrogens (tertiary/aromatic N) is 2. The lowest BCUT2D eigenvalue weighted by Gasteiger charge is -2.56. The van der Waals surface area contributed by atoms with Crippen molar-refractivity contribution in [2.24, 2.45) is 17.8 Å². The van der Waals surface area contributed by atoms with E-state index in [2.05, 4.69) is 26.6 Å². The fourth-order valence-corrected chi connectivity index (χ4v) is 6.68. The molecule has 1 aromatic rings. The van der Waals surface area contributed by atoms with Crippen molar-refractivity contribution >= 4 is 6.03 Å². The van der Waals surface area contributed by atoms with Gasteiger partial charge >= 0.3 is 6.03 Å². The Morgan fingerprint density at radius 2 is 1.74 bits per heavy atom. The average Bonchev–Trinajstić information content (AvgIpc) is 2.62. The highest BCUT2D eigenvalue weighted by atomic mass is 16.2. The van der Waals surface area contributed by atoms with E-state index in [-0.39, 0.29) is 11.6 Å². The molecule has 0 atom stereocenters. The van der Waals surface area contributed by atoms with Crippen molar-refractivity contribution in [1.29, 1.82) is 0 Å². The lowest BCUT2D eigenvalue weighted by atomic mass is 9.53. The zero-order valence-corrected chi connectivity index (χ0v) is 16.2. The maximum atomic E-state index is 12.7. The number of rotatable bonds is 4. The Kier molecular flexibility index (Phi) is 4.58. The summed E-state index contributed by atoms with van der Waals surface area (Å²) in [6.45, 7) is 2.96. The van der Waals surface area contributed by atoms with Crippen LogP contribution in [0.2, 0.25) is 0 Å². The Morgan fingerprint density at radius 1 is 1.07 bits per heavy atom. The van der Waals surface area contributed by atoms with E-state index < -0.39 is 0 Å². The van der Waals surface area contributed by atoms with Crippen molar-refractivity contribution in [3.05, 3.63) is 30.1 Å². The molecule has 4 aliphatic carbocycles. The first kappa shape index (κ1) is 17.5. The lowest BCUT2D eigenvalue weighted by Crippen LogP contribution is -2.62. The number of hydrogen-bond acceptors (Lipinski definition) is 3. The molecule has 4 saturated carbocycles. The first-order valence-electron chi connectivity index (χ1n) is 10.9. The minimum atomic E-state index is 0.0835. The molecule has 5 fully saturated rings. The fourth-order valence-electron chi connectivity index (χ4n) is 6.68. The highest BCUT2D eigenvalue weighted by Gasteiger charge is 2.51. The van der Waals surface area contributed by atoms with Gasteiger partial charge in [0.1, 0.15) is 0 Å². The van der Waals surface area contributed by atoms with Gasteiger partial charge in [0.2, 0.25) is 0 Å². The molecule has 27 heavy (non-hydrogen) atoms. The predicted octanol–water partition coefficient (Wildman–Crippen LogP) is 3.31. The van der Waals surface area contributed by atoms with Crippen molar-refractivity contribution in [3.63, 3.8) is 0 Å². The Morgan fingerprint density at radius 3 is 2.33 bits per heavy atom. The van der Waals surface area contributed by atoms with E-state index in [1.807, 2.05) is 18.3 Å². The molecule has 0 unspecified atom stereocenters. The first-order chi connectivity index (χ1) is 13.2.